The second kappa shape index (κ2) is 4.37. The van der Waals surface area contributed by atoms with E-state index >= 15 is 0 Å². The van der Waals surface area contributed by atoms with Gasteiger partial charge in [0, 0.05) is 10.9 Å². The lowest BCUT2D eigenvalue weighted by Crippen LogP contribution is -1.98. The number of fused-ring (bicyclic) bond motifs is 1. The third-order valence-corrected chi connectivity index (χ3v) is 3.16. The van der Waals surface area contributed by atoms with Gasteiger partial charge >= 0.3 is 0 Å². The van der Waals surface area contributed by atoms with E-state index in [0.29, 0.717) is 6.54 Å². The fraction of sp³-hybridized carbons (Fsp3) is 0.333. The van der Waals surface area contributed by atoms with Gasteiger partial charge in [0.25, 0.3) is 0 Å². The molecule has 0 aliphatic rings. The molecule has 1 heterocycles. The van der Waals surface area contributed by atoms with Gasteiger partial charge in [-0.2, -0.15) is 0 Å². The third kappa shape index (κ3) is 1.82. The van der Waals surface area contributed by atoms with Crippen LogP contribution < -0.4 is 5.73 Å². The zero-order valence-electron chi connectivity index (χ0n) is 8.72. The first-order valence-corrected chi connectivity index (χ1v) is 5.96. The molecule has 0 saturated heterocycles. The molecular formula is C12H14BrNO. The predicted octanol–water partition coefficient (Wildman–Crippen LogP) is 3.61. The number of hydrogen-bond donors (Lipinski definition) is 1. The molecule has 0 aliphatic heterocycles. The Morgan fingerprint density at radius 2 is 2.20 bits per heavy atom. The van der Waals surface area contributed by atoms with Crippen molar-refractivity contribution < 1.29 is 4.42 Å². The van der Waals surface area contributed by atoms with Crippen LogP contribution in [0.2, 0.25) is 0 Å². The van der Waals surface area contributed by atoms with Crippen LogP contribution in [-0.2, 0) is 13.0 Å². The Hall–Kier alpha value is -0.800. The fourth-order valence-corrected chi connectivity index (χ4v) is 2.32. The van der Waals surface area contributed by atoms with Crippen molar-refractivity contribution in [1.82, 2.24) is 0 Å². The lowest BCUT2D eigenvalue weighted by molar-refractivity contribution is 0.543. The quantitative estimate of drug-likeness (QED) is 0.923. The lowest BCUT2D eigenvalue weighted by atomic mass is 10.1. The van der Waals surface area contributed by atoms with Crippen LogP contribution in [0, 0.1) is 0 Å². The van der Waals surface area contributed by atoms with Crippen LogP contribution in [0.15, 0.2) is 27.1 Å². The van der Waals surface area contributed by atoms with Gasteiger partial charge in [-0.25, -0.2) is 0 Å². The van der Waals surface area contributed by atoms with E-state index in [1.54, 1.807) is 0 Å². The smallest absolute Gasteiger partial charge is 0.148 e. The summed E-state index contributed by atoms with van der Waals surface area (Å²) in [5, 5.41) is 1.19. The maximum atomic E-state index is 5.76. The Morgan fingerprint density at radius 1 is 1.40 bits per heavy atom. The summed E-state index contributed by atoms with van der Waals surface area (Å²) in [6.07, 6.45) is 2.13. The summed E-state index contributed by atoms with van der Waals surface area (Å²) < 4.78 is 6.76. The highest BCUT2D eigenvalue weighted by molar-refractivity contribution is 9.10. The molecule has 0 radical (unpaired) electrons. The SMILES string of the molecule is CCCc1c(CN)oc2c(Br)cccc12. The number of rotatable bonds is 3. The number of para-hydroxylation sites is 1. The molecule has 2 N–H and O–H groups in total. The van der Waals surface area contributed by atoms with Gasteiger partial charge in [-0.1, -0.05) is 25.5 Å². The average molecular weight is 268 g/mol. The summed E-state index contributed by atoms with van der Waals surface area (Å²) in [4.78, 5) is 0. The largest absolute Gasteiger partial charge is 0.458 e. The zero-order chi connectivity index (χ0) is 10.8. The molecule has 0 amide bonds. The van der Waals surface area contributed by atoms with Crippen molar-refractivity contribution in [3.8, 4) is 0 Å². The lowest BCUT2D eigenvalue weighted by Gasteiger charge is -1.97. The van der Waals surface area contributed by atoms with Gasteiger partial charge in [-0.05, 0) is 28.4 Å². The molecule has 0 saturated carbocycles. The predicted molar refractivity (Wildman–Crippen MR) is 65.8 cm³/mol. The maximum Gasteiger partial charge on any atom is 0.148 e. The van der Waals surface area contributed by atoms with E-state index in [-0.39, 0.29) is 0 Å². The summed E-state index contributed by atoms with van der Waals surface area (Å²) in [5.74, 6) is 0.916. The van der Waals surface area contributed by atoms with Crippen molar-refractivity contribution in [2.75, 3.05) is 0 Å². The molecule has 2 rings (SSSR count). The van der Waals surface area contributed by atoms with Gasteiger partial charge in [-0.15, -0.1) is 0 Å². The normalized spacial score (nSPS) is 11.1. The van der Waals surface area contributed by atoms with Gasteiger partial charge in [0.05, 0.1) is 11.0 Å². The maximum absolute atomic E-state index is 5.76. The monoisotopic (exact) mass is 267 g/mol. The summed E-state index contributed by atoms with van der Waals surface area (Å²) in [7, 11) is 0. The highest BCUT2D eigenvalue weighted by Gasteiger charge is 2.13. The van der Waals surface area contributed by atoms with E-state index in [1.807, 2.05) is 12.1 Å². The number of furan rings is 1. The van der Waals surface area contributed by atoms with E-state index in [0.717, 1.165) is 28.7 Å². The van der Waals surface area contributed by atoms with Crippen molar-refractivity contribution in [2.45, 2.75) is 26.3 Å². The highest BCUT2D eigenvalue weighted by atomic mass is 79.9. The second-order valence-corrected chi connectivity index (χ2v) is 4.43. The molecule has 1 aromatic heterocycles. The molecule has 0 aliphatic carbocycles. The van der Waals surface area contributed by atoms with Gasteiger partial charge < -0.3 is 10.2 Å². The summed E-state index contributed by atoms with van der Waals surface area (Å²) >= 11 is 3.49. The van der Waals surface area contributed by atoms with E-state index in [9.17, 15) is 0 Å². The number of aryl methyl sites for hydroxylation is 1. The number of halogens is 1. The van der Waals surface area contributed by atoms with Crippen LogP contribution >= 0.6 is 15.9 Å². The minimum Gasteiger partial charge on any atom is -0.458 e. The van der Waals surface area contributed by atoms with Crippen LogP contribution in [0.4, 0.5) is 0 Å². The molecule has 0 bridgehead atoms. The van der Waals surface area contributed by atoms with Gasteiger partial charge in [0.1, 0.15) is 11.3 Å². The number of benzene rings is 1. The third-order valence-electron chi connectivity index (χ3n) is 2.54. The molecule has 2 nitrogen and oxygen atoms in total. The summed E-state index contributed by atoms with van der Waals surface area (Å²) in [6, 6.07) is 6.11. The van der Waals surface area contributed by atoms with Crippen LogP contribution in [0.1, 0.15) is 24.7 Å². The van der Waals surface area contributed by atoms with Crippen molar-refractivity contribution >= 4 is 26.9 Å². The average Bonchev–Trinajstić information content (AvgIpc) is 2.59. The number of hydrogen-bond acceptors (Lipinski definition) is 2. The molecular weight excluding hydrogens is 254 g/mol. The molecule has 3 heteroatoms. The minimum absolute atomic E-state index is 0.469. The molecule has 15 heavy (non-hydrogen) atoms. The molecule has 0 atom stereocenters. The Balaban J connectivity index is 2.68. The topological polar surface area (TPSA) is 39.2 Å². The first kappa shape index (κ1) is 10.7. The van der Waals surface area contributed by atoms with Crippen molar-refractivity contribution in [2.24, 2.45) is 5.73 Å². The van der Waals surface area contributed by atoms with Gasteiger partial charge in [0.15, 0.2) is 0 Å². The second-order valence-electron chi connectivity index (χ2n) is 3.57. The van der Waals surface area contributed by atoms with E-state index in [2.05, 4.69) is 28.9 Å². The summed E-state index contributed by atoms with van der Waals surface area (Å²) in [6.45, 7) is 2.63. The van der Waals surface area contributed by atoms with E-state index in [1.165, 1.54) is 10.9 Å². The van der Waals surface area contributed by atoms with E-state index < -0.39 is 0 Å². The van der Waals surface area contributed by atoms with Gasteiger partial charge in [-0.3, -0.25) is 0 Å². The van der Waals surface area contributed by atoms with Crippen molar-refractivity contribution in [1.29, 1.82) is 0 Å². The van der Waals surface area contributed by atoms with Crippen LogP contribution in [0.25, 0.3) is 11.0 Å². The van der Waals surface area contributed by atoms with Crippen LogP contribution in [0.3, 0.4) is 0 Å². The highest BCUT2D eigenvalue weighted by Crippen LogP contribution is 2.31. The number of nitrogens with two attached hydrogens (primary N) is 1. The molecule has 0 spiro atoms. The first-order valence-electron chi connectivity index (χ1n) is 5.16. The molecule has 80 valence electrons. The zero-order valence-corrected chi connectivity index (χ0v) is 10.3. The Bertz CT molecular complexity index is 476. The molecule has 2 aromatic rings. The van der Waals surface area contributed by atoms with Crippen LogP contribution in [-0.4, -0.2) is 0 Å². The summed E-state index contributed by atoms with van der Waals surface area (Å²) in [5.41, 5.74) is 7.86. The van der Waals surface area contributed by atoms with Crippen molar-refractivity contribution in [3.63, 3.8) is 0 Å². The Labute approximate surface area is 97.6 Å². The molecule has 0 fully saturated rings. The minimum atomic E-state index is 0.469. The van der Waals surface area contributed by atoms with Crippen LogP contribution in [0.5, 0.6) is 0 Å². The fourth-order valence-electron chi connectivity index (χ4n) is 1.87. The Morgan fingerprint density at radius 3 is 2.87 bits per heavy atom. The molecule has 0 unspecified atom stereocenters. The first-order chi connectivity index (χ1) is 7.27. The van der Waals surface area contributed by atoms with E-state index in [4.69, 9.17) is 10.2 Å². The standard InChI is InChI=1S/C12H14BrNO/c1-2-4-8-9-5-3-6-10(13)12(9)15-11(8)7-14/h3,5-6H,2,4,7,14H2,1H3. The van der Waals surface area contributed by atoms with Gasteiger partial charge in [0.2, 0.25) is 0 Å². The molecule has 1 aromatic carbocycles. The Kier molecular flexibility index (Phi) is 3.12. The van der Waals surface area contributed by atoms with Crippen molar-refractivity contribution in [3.05, 3.63) is 34.0 Å².